The molecule has 2 fully saturated rings. The summed E-state index contributed by atoms with van der Waals surface area (Å²) in [4.78, 5) is 13.0. The lowest BCUT2D eigenvalue weighted by Gasteiger charge is -2.13. The van der Waals surface area contributed by atoms with Crippen molar-refractivity contribution in [2.45, 2.75) is 31.3 Å². The number of carbonyl (C=O) groups excluding carboxylic acids is 1. The van der Waals surface area contributed by atoms with Crippen LogP contribution < -0.4 is 5.73 Å². The van der Waals surface area contributed by atoms with Gasteiger partial charge in [0.05, 0.1) is 0 Å². The Morgan fingerprint density at radius 3 is 2.60 bits per heavy atom. The molecular weight excluding hydrogens is 128 g/mol. The van der Waals surface area contributed by atoms with Crippen molar-refractivity contribution in [3.63, 3.8) is 0 Å². The fourth-order valence-electron chi connectivity index (χ4n) is 1.50. The summed E-state index contributed by atoms with van der Waals surface area (Å²) in [6.07, 6.45) is 2.95. The van der Waals surface area contributed by atoms with Crippen LogP contribution in [0.25, 0.3) is 0 Å². The van der Waals surface area contributed by atoms with E-state index in [4.69, 9.17) is 5.73 Å². The molecule has 1 atom stereocenters. The van der Waals surface area contributed by atoms with Gasteiger partial charge in [-0.25, -0.2) is 0 Å². The minimum absolute atomic E-state index is 0.105. The number of rotatable bonds is 1. The van der Waals surface area contributed by atoms with Crippen LogP contribution in [0.2, 0.25) is 0 Å². The first-order valence-corrected chi connectivity index (χ1v) is 3.82. The zero-order chi connectivity index (χ0) is 7.14. The second-order valence-corrected chi connectivity index (χ2v) is 3.24. The summed E-state index contributed by atoms with van der Waals surface area (Å²) >= 11 is 0. The molecule has 0 unspecified atom stereocenters. The molecule has 1 saturated carbocycles. The minimum Gasteiger partial charge on any atom is -0.338 e. The van der Waals surface area contributed by atoms with E-state index in [9.17, 15) is 4.79 Å². The summed E-state index contributed by atoms with van der Waals surface area (Å²) < 4.78 is 0. The third kappa shape index (κ3) is 0.904. The molecule has 3 heteroatoms. The van der Waals surface area contributed by atoms with Crippen molar-refractivity contribution in [3.05, 3.63) is 0 Å². The lowest BCUT2D eigenvalue weighted by atomic mass is 10.3. The highest BCUT2D eigenvalue weighted by Crippen LogP contribution is 2.29. The molecule has 2 aliphatic rings. The molecule has 1 heterocycles. The summed E-state index contributed by atoms with van der Waals surface area (Å²) in [5, 5.41) is 0. The Hall–Kier alpha value is -0.570. The van der Waals surface area contributed by atoms with Crippen molar-refractivity contribution in [1.82, 2.24) is 4.90 Å². The number of nitrogens with two attached hydrogens (primary N) is 1. The average Bonchev–Trinajstić information content (AvgIpc) is 2.61. The molecule has 0 aromatic rings. The van der Waals surface area contributed by atoms with Gasteiger partial charge in [-0.05, 0) is 12.8 Å². The quantitative estimate of drug-likeness (QED) is 0.544. The summed E-state index contributed by atoms with van der Waals surface area (Å²) in [5.74, 6) is 0.259. The molecule has 1 amide bonds. The lowest BCUT2D eigenvalue weighted by molar-refractivity contribution is -0.128. The number of nitrogens with zero attached hydrogens (tertiary/aromatic N) is 1. The number of carbonyl (C=O) groups is 1. The standard InChI is InChI=1S/C7H12N2O/c8-5-3-7(10)9(4-5)6-1-2-6/h5-6H,1-4,8H2/t5-/m0/s1. The van der Waals surface area contributed by atoms with Crippen LogP contribution in [0.4, 0.5) is 0 Å². The van der Waals surface area contributed by atoms with E-state index in [0.717, 1.165) is 6.54 Å². The van der Waals surface area contributed by atoms with Crippen LogP contribution in [-0.2, 0) is 4.79 Å². The Balaban J connectivity index is 2.01. The predicted octanol–water partition coefficient (Wildman–Crippen LogP) is -0.292. The third-order valence-electron chi connectivity index (χ3n) is 2.18. The average molecular weight is 140 g/mol. The van der Waals surface area contributed by atoms with Crippen LogP contribution >= 0.6 is 0 Å². The summed E-state index contributed by atoms with van der Waals surface area (Å²) in [5.41, 5.74) is 5.62. The molecule has 10 heavy (non-hydrogen) atoms. The highest BCUT2D eigenvalue weighted by Gasteiger charge is 2.37. The molecule has 1 saturated heterocycles. The summed E-state index contributed by atoms with van der Waals surface area (Å²) in [6, 6.07) is 0.661. The van der Waals surface area contributed by atoms with Crippen molar-refractivity contribution in [3.8, 4) is 0 Å². The van der Waals surface area contributed by atoms with E-state index < -0.39 is 0 Å². The lowest BCUT2D eigenvalue weighted by Crippen LogP contribution is -2.29. The number of hydrogen-bond acceptors (Lipinski definition) is 2. The first-order chi connectivity index (χ1) is 4.77. The van der Waals surface area contributed by atoms with Crippen molar-refractivity contribution >= 4 is 5.91 Å². The zero-order valence-electron chi connectivity index (χ0n) is 5.92. The van der Waals surface area contributed by atoms with Gasteiger partial charge in [-0.3, -0.25) is 4.79 Å². The summed E-state index contributed by atoms with van der Waals surface area (Å²) in [6.45, 7) is 0.795. The topological polar surface area (TPSA) is 46.3 Å². The van der Waals surface area contributed by atoms with Gasteiger partial charge in [0.25, 0.3) is 0 Å². The Morgan fingerprint density at radius 2 is 2.20 bits per heavy atom. The van der Waals surface area contributed by atoms with E-state index in [1.807, 2.05) is 4.90 Å². The fraction of sp³-hybridized carbons (Fsp3) is 0.857. The molecule has 0 aromatic carbocycles. The maximum atomic E-state index is 11.1. The van der Waals surface area contributed by atoms with Crippen LogP contribution in [0.1, 0.15) is 19.3 Å². The zero-order valence-corrected chi connectivity index (χ0v) is 5.92. The van der Waals surface area contributed by atoms with E-state index in [0.29, 0.717) is 12.5 Å². The Morgan fingerprint density at radius 1 is 1.50 bits per heavy atom. The Bertz CT molecular complexity index is 165. The molecule has 3 nitrogen and oxygen atoms in total. The van der Waals surface area contributed by atoms with Crippen LogP contribution in [-0.4, -0.2) is 29.4 Å². The molecule has 0 radical (unpaired) electrons. The van der Waals surface area contributed by atoms with Gasteiger partial charge in [-0.2, -0.15) is 0 Å². The van der Waals surface area contributed by atoms with Crippen molar-refractivity contribution in [2.24, 2.45) is 5.73 Å². The fourth-order valence-corrected chi connectivity index (χ4v) is 1.50. The molecule has 0 bridgehead atoms. The molecule has 2 N–H and O–H groups in total. The van der Waals surface area contributed by atoms with Crippen LogP contribution in [0, 0.1) is 0 Å². The van der Waals surface area contributed by atoms with E-state index in [2.05, 4.69) is 0 Å². The highest BCUT2D eigenvalue weighted by atomic mass is 16.2. The molecule has 2 rings (SSSR count). The largest absolute Gasteiger partial charge is 0.338 e. The van der Waals surface area contributed by atoms with Crippen molar-refractivity contribution in [2.75, 3.05) is 6.54 Å². The second kappa shape index (κ2) is 1.95. The van der Waals surface area contributed by atoms with Gasteiger partial charge in [0.15, 0.2) is 0 Å². The molecular formula is C7H12N2O. The number of amides is 1. The van der Waals surface area contributed by atoms with Crippen molar-refractivity contribution in [1.29, 1.82) is 0 Å². The maximum Gasteiger partial charge on any atom is 0.224 e. The first kappa shape index (κ1) is 6.16. The van der Waals surface area contributed by atoms with Crippen LogP contribution in [0.5, 0.6) is 0 Å². The summed E-state index contributed by atoms with van der Waals surface area (Å²) in [7, 11) is 0. The minimum atomic E-state index is 0.105. The predicted molar refractivity (Wildman–Crippen MR) is 37.3 cm³/mol. The van der Waals surface area contributed by atoms with Gasteiger partial charge in [0, 0.05) is 25.0 Å². The first-order valence-electron chi connectivity index (χ1n) is 3.82. The molecule has 0 spiro atoms. The van der Waals surface area contributed by atoms with E-state index >= 15 is 0 Å². The maximum absolute atomic E-state index is 11.1. The number of hydrogen-bond donors (Lipinski definition) is 1. The molecule has 0 aromatic heterocycles. The van der Waals surface area contributed by atoms with E-state index in [-0.39, 0.29) is 11.9 Å². The molecule has 56 valence electrons. The second-order valence-electron chi connectivity index (χ2n) is 3.24. The van der Waals surface area contributed by atoms with E-state index in [1.54, 1.807) is 0 Å². The normalized spacial score (nSPS) is 33.5. The third-order valence-corrected chi connectivity index (χ3v) is 2.18. The Labute approximate surface area is 60.2 Å². The molecule has 1 aliphatic carbocycles. The number of likely N-dealkylation sites (tertiary alicyclic amines) is 1. The van der Waals surface area contributed by atoms with Gasteiger partial charge in [-0.1, -0.05) is 0 Å². The smallest absolute Gasteiger partial charge is 0.224 e. The van der Waals surface area contributed by atoms with Gasteiger partial charge in [0.2, 0.25) is 5.91 Å². The molecule has 1 aliphatic heterocycles. The Kier molecular flexibility index (Phi) is 1.20. The van der Waals surface area contributed by atoms with Crippen LogP contribution in [0.3, 0.4) is 0 Å². The van der Waals surface area contributed by atoms with Crippen LogP contribution in [0.15, 0.2) is 0 Å². The highest BCUT2D eigenvalue weighted by molar-refractivity contribution is 5.79. The SMILES string of the molecule is N[C@H]1CC(=O)N(C2CC2)C1. The monoisotopic (exact) mass is 140 g/mol. The van der Waals surface area contributed by atoms with Gasteiger partial charge >= 0.3 is 0 Å². The van der Waals surface area contributed by atoms with Gasteiger partial charge in [-0.15, -0.1) is 0 Å². The van der Waals surface area contributed by atoms with Gasteiger partial charge < -0.3 is 10.6 Å². The van der Waals surface area contributed by atoms with Crippen molar-refractivity contribution < 1.29 is 4.79 Å². The van der Waals surface area contributed by atoms with Gasteiger partial charge in [0.1, 0.15) is 0 Å². The van der Waals surface area contributed by atoms with E-state index in [1.165, 1.54) is 12.8 Å².